The summed E-state index contributed by atoms with van der Waals surface area (Å²) in [5.74, 6) is 0.500. The van der Waals surface area contributed by atoms with Gasteiger partial charge in [0.15, 0.2) is 5.78 Å². The van der Waals surface area contributed by atoms with E-state index in [1.54, 1.807) is 11.8 Å². The Labute approximate surface area is 190 Å². The summed E-state index contributed by atoms with van der Waals surface area (Å²) >= 11 is 5.11. The molecule has 0 aliphatic carbocycles. The van der Waals surface area contributed by atoms with Gasteiger partial charge in [0.25, 0.3) is 0 Å². The van der Waals surface area contributed by atoms with Crippen LogP contribution in [0.2, 0.25) is 0 Å². The minimum absolute atomic E-state index is 0.125. The van der Waals surface area contributed by atoms with Gasteiger partial charge in [-0.05, 0) is 28.8 Å². The molecule has 0 saturated carbocycles. The summed E-state index contributed by atoms with van der Waals surface area (Å²) in [5, 5.41) is 0. The fraction of sp³-hybridized carbons (Fsp3) is 0.0741. The van der Waals surface area contributed by atoms with E-state index in [1.807, 2.05) is 42.5 Å². The van der Waals surface area contributed by atoms with Gasteiger partial charge in [-0.25, -0.2) is 0 Å². The normalized spacial score (nSPS) is 11.2. The van der Waals surface area contributed by atoms with E-state index in [1.165, 1.54) is 0 Å². The van der Waals surface area contributed by atoms with Crippen molar-refractivity contribution in [3.63, 3.8) is 0 Å². The maximum atomic E-state index is 13.1. The Morgan fingerprint density at radius 2 is 1.03 bits per heavy atom. The molecule has 30 heavy (non-hydrogen) atoms. The van der Waals surface area contributed by atoms with Gasteiger partial charge in [0.2, 0.25) is 0 Å². The fourth-order valence-corrected chi connectivity index (χ4v) is 5.35. The highest BCUT2D eigenvalue weighted by Crippen LogP contribution is 2.48. The van der Waals surface area contributed by atoms with Crippen LogP contribution in [0.3, 0.4) is 0 Å². The van der Waals surface area contributed by atoms with Crippen molar-refractivity contribution in [2.45, 2.75) is 4.75 Å². The topological polar surface area (TPSA) is 17.1 Å². The number of rotatable bonds is 7. The van der Waals surface area contributed by atoms with E-state index in [0.29, 0.717) is 5.75 Å². The molecule has 4 aromatic carbocycles. The molecule has 0 unspecified atom stereocenters. The van der Waals surface area contributed by atoms with E-state index >= 15 is 0 Å². The minimum Gasteiger partial charge on any atom is -0.293 e. The Balaban J connectivity index is 1.80. The highest BCUT2D eigenvalue weighted by molar-refractivity contribution is 9.10. The summed E-state index contributed by atoms with van der Waals surface area (Å²) in [4.78, 5) is 13.1. The lowest BCUT2D eigenvalue weighted by Crippen LogP contribution is -2.27. The summed E-state index contributed by atoms with van der Waals surface area (Å²) < 4.78 is 0.494. The predicted molar refractivity (Wildman–Crippen MR) is 130 cm³/mol. The zero-order chi connectivity index (χ0) is 20.8. The van der Waals surface area contributed by atoms with Crippen molar-refractivity contribution in [2.24, 2.45) is 0 Å². The quantitative estimate of drug-likeness (QED) is 0.206. The zero-order valence-corrected chi connectivity index (χ0v) is 18.8. The number of hydrogen-bond acceptors (Lipinski definition) is 2. The van der Waals surface area contributed by atoms with E-state index in [-0.39, 0.29) is 5.78 Å². The lowest BCUT2D eigenvalue weighted by molar-refractivity contribution is 0.102. The number of Topliss-reactive ketones (excluding diaryl/α,β-unsaturated/α-hetero) is 1. The van der Waals surface area contributed by atoms with Gasteiger partial charge >= 0.3 is 0 Å². The van der Waals surface area contributed by atoms with Gasteiger partial charge < -0.3 is 0 Å². The van der Waals surface area contributed by atoms with Crippen LogP contribution in [0, 0.1) is 0 Å². The number of carbonyl (C=O) groups excluding carboxylic acids is 1. The fourth-order valence-electron chi connectivity index (χ4n) is 3.66. The van der Waals surface area contributed by atoms with Gasteiger partial charge in [0.1, 0.15) is 0 Å². The molecule has 0 radical (unpaired) electrons. The van der Waals surface area contributed by atoms with E-state index in [0.717, 1.165) is 26.7 Å². The second-order valence-corrected chi connectivity index (χ2v) is 9.10. The van der Waals surface area contributed by atoms with Crippen LogP contribution in [0.25, 0.3) is 0 Å². The number of hydrogen-bond donors (Lipinski definition) is 0. The Hall–Kier alpha value is -2.62. The molecule has 0 atom stereocenters. The van der Waals surface area contributed by atoms with Gasteiger partial charge in [0.05, 0.1) is 10.5 Å². The van der Waals surface area contributed by atoms with E-state index in [9.17, 15) is 4.79 Å². The second kappa shape index (κ2) is 9.46. The van der Waals surface area contributed by atoms with Gasteiger partial charge in [0, 0.05) is 10.0 Å². The Morgan fingerprint density at radius 3 is 1.43 bits per heavy atom. The Bertz CT molecular complexity index is 997. The van der Waals surface area contributed by atoms with Crippen LogP contribution >= 0.6 is 27.7 Å². The smallest absolute Gasteiger partial charge is 0.172 e. The average Bonchev–Trinajstić information content (AvgIpc) is 2.82. The Kier molecular flexibility index (Phi) is 6.51. The molecule has 0 N–H and O–H groups in total. The molecule has 0 amide bonds. The standard InChI is InChI=1S/C27H21BrOS/c28-25-18-16-21(17-19-25)26(29)20-30-27(22-10-4-1-5-11-22,23-12-6-2-7-13-23)24-14-8-3-9-15-24/h1-19H,20H2. The van der Waals surface area contributed by atoms with Gasteiger partial charge in [-0.15, -0.1) is 11.8 Å². The summed E-state index contributed by atoms with van der Waals surface area (Å²) in [6, 6.07) is 38.9. The molecule has 148 valence electrons. The molecule has 3 heteroatoms. The van der Waals surface area contributed by atoms with Crippen molar-refractivity contribution in [1.29, 1.82) is 0 Å². The molecule has 0 heterocycles. The predicted octanol–water partition coefficient (Wildman–Crippen LogP) is 7.36. The van der Waals surface area contributed by atoms with Crippen LogP contribution in [-0.2, 0) is 4.75 Å². The number of benzene rings is 4. The third-order valence-electron chi connectivity index (χ3n) is 5.13. The van der Waals surface area contributed by atoms with Crippen molar-refractivity contribution < 1.29 is 4.79 Å². The van der Waals surface area contributed by atoms with Crippen molar-refractivity contribution >= 4 is 33.5 Å². The monoisotopic (exact) mass is 472 g/mol. The first kappa shape index (κ1) is 20.6. The molecule has 0 bridgehead atoms. The first-order valence-electron chi connectivity index (χ1n) is 9.79. The molecular formula is C27H21BrOS. The molecule has 0 saturated heterocycles. The maximum absolute atomic E-state index is 13.1. The summed E-state index contributed by atoms with van der Waals surface area (Å²) in [5.41, 5.74) is 4.22. The highest BCUT2D eigenvalue weighted by Gasteiger charge is 2.37. The Morgan fingerprint density at radius 1 is 0.633 bits per heavy atom. The van der Waals surface area contributed by atoms with E-state index < -0.39 is 4.75 Å². The molecule has 0 aliphatic heterocycles. The summed E-state index contributed by atoms with van der Waals surface area (Å²) in [6.07, 6.45) is 0. The molecule has 0 fully saturated rings. The molecule has 1 nitrogen and oxygen atoms in total. The lowest BCUT2D eigenvalue weighted by Gasteiger charge is -2.35. The van der Waals surface area contributed by atoms with Crippen molar-refractivity contribution in [3.8, 4) is 0 Å². The molecular weight excluding hydrogens is 452 g/mol. The van der Waals surface area contributed by atoms with E-state index in [2.05, 4.69) is 88.7 Å². The van der Waals surface area contributed by atoms with Crippen LogP contribution in [0.5, 0.6) is 0 Å². The molecule has 4 rings (SSSR count). The number of halogens is 1. The van der Waals surface area contributed by atoms with Crippen LogP contribution in [0.1, 0.15) is 27.0 Å². The SMILES string of the molecule is O=C(CSC(c1ccccc1)(c1ccccc1)c1ccccc1)c1ccc(Br)cc1. The molecule has 0 spiro atoms. The number of ketones is 1. The van der Waals surface area contributed by atoms with E-state index in [4.69, 9.17) is 0 Å². The van der Waals surface area contributed by atoms with Crippen LogP contribution < -0.4 is 0 Å². The lowest BCUT2D eigenvalue weighted by atomic mass is 9.84. The third kappa shape index (κ3) is 4.28. The van der Waals surface area contributed by atoms with Crippen molar-refractivity contribution in [2.75, 3.05) is 5.75 Å². The van der Waals surface area contributed by atoms with Crippen LogP contribution in [0.4, 0.5) is 0 Å². The summed E-state index contributed by atoms with van der Waals surface area (Å²) in [7, 11) is 0. The molecule has 4 aromatic rings. The third-order valence-corrected chi connectivity index (χ3v) is 7.20. The zero-order valence-electron chi connectivity index (χ0n) is 16.4. The highest BCUT2D eigenvalue weighted by atomic mass is 79.9. The molecule has 0 aliphatic rings. The average molecular weight is 473 g/mol. The van der Waals surface area contributed by atoms with Gasteiger partial charge in [-0.3, -0.25) is 4.79 Å². The number of carbonyl (C=O) groups is 1. The van der Waals surface area contributed by atoms with Crippen molar-refractivity contribution in [3.05, 3.63) is 142 Å². The largest absolute Gasteiger partial charge is 0.293 e. The van der Waals surface area contributed by atoms with Crippen LogP contribution in [0.15, 0.2) is 120 Å². The minimum atomic E-state index is -0.477. The number of thioether (sulfide) groups is 1. The van der Waals surface area contributed by atoms with Crippen LogP contribution in [-0.4, -0.2) is 11.5 Å². The first-order valence-corrected chi connectivity index (χ1v) is 11.6. The van der Waals surface area contributed by atoms with Crippen molar-refractivity contribution in [1.82, 2.24) is 0 Å². The second-order valence-electron chi connectivity index (χ2n) is 7.00. The maximum Gasteiger partial charge on any atom is 0.172 e. The first-order chi connectivity index (χ1) is 14.7. The van der Waals surface area contributed by atoms with Gasteiger partial charge in [-0.2, -0.15) is 0 Å². The van der Waals surface area contributed by atoms with Gasteiger partial charge in [-0.1, -0.05) is 119 Å². The summed E-state index contributed by atoms with van der Waals surface area (Å²) in [6.45, 7) is 0. The molecule has 0 aromatic heterocycles.